The first kappa shape index (κ1) is 12.5. The Morgan fingerprint density at radius 3 is 2.06 bits per heavy atom. The van der Waals surface area contributed by atoms with Crippen LogP contribution in [0.5, 0.6) is 0 Å². The summed E-state index contributed by atoms with van der Waals surface area (Å²) in [5.41, 5.74) is 0.831. The second kappa shape index (κ2) is 5.11. The molecule has 0 N–H and O–H groups in total. The largest absolute Gasteiger partial charge is 0.247 e. The lowest BCUT2D eigenvalue weighted by molar-refractivity contribution is 0.235. The quantitative estimate of drug-likeness (QED) is 0.715. The van der Waals surface area contributed by atoms with E-state index in [1.165, 1.54) is 12.1 Å². The Hall–Kier alpha value is -0.990. The molecule has 0 saturated heterocycles. The Morgan fingerprint density at radius 2 is 1.59 bits per heavy atom. The maximum Gasteiger partial charge on any atom is 0.129 e. The monoisotopic (exact) mass is 242 g/mol. The minimum atomic E-state index is -0.740. The first-order valence-corrected chi connectivity index (χ1v) is 6.23. The van der Waals surface area contributed by atoms with E-state index >= 15 is 0 Å². The molecule has 0 heterocycles. The molecule has 1 aromatic carbocycles. The second-order valence-electron chi connectivity index (χ2n) is 4.77. The first-order valence-electron chi connectivity index (χ1n) is 6.23. The van der Waals surface area contributed by atoms with Crippen LogP contribution in [0.3, 0.4) is 0 Å². The minimum absolute atomic E-state index is 0.108. The van der Waals surface area contributed by atoms with Gasteiger partial charge in [0.1, 0.15) is 17.8 Å². The third kappa shape index (κ3) is 2.64. The third-order valence-corrected chi connectivity index (χ3v) is 3.65. The van der Waals surface area contributed by atoms with Crippen molar-refractivity contribution in [3.05, 3.63) is 34.9 Å². The van der Waals surface area contributed by atoms with E-state index in [0.717, 1.165) is 0 Å². The molecule has 0 atom stereocenters. The molecule has 0 amide bonds. The van der Waals surface area contributed by atoms with Crippen LogP contribution in [-0.2, 0) is 6.42 Å². The molecule has 0 unspecified atom stereocenters. The fraction of sp³-hybridized carbons (Fsp3) is 0.571. The summed E-state index contributed by atoms with van der Waals surface area (Å²) in [5.74, 6) is -0.827. The maximum atomic E-state index is 13.6. The summed E-state index contributed by atoms with van der Waals surface area (Å²) < 4.78 is 40.3. The molecule has 0 aliphatic heterocycles. The van der Waals surface area contributed by atoms with Crippen molar-refractivity contribution in [3.8, 4) is 0 Å². The molecule has 0 bridgehead atoms. The molecule has 17 heavy (non-hydrogen) atoms. The average molecular weight is 242 g/mol. The van der Waals surface area contributed by atoms with Crippen molar-refractivity contribution in [1.82, 2.24) is 0 Å². The van der Waals surface area contributed by atoms with Crippen LogP contribution >= 0.6 is 0 Å². The fourth-order valence-corrected chi connectivity index (χ4v) is 2.58. The highest BCUT2D eigenvalue weighted by Crippen LogP contribution is 2.35. The number of hydrogen-bond donors (Lipinski definition) is 0. The van der Waals surface area contributed by atoms with Crippen molar-refractivity contribution in [3.63, 3.8) is 0 Å². The molecule has 1 fully saturated rings. The van der Waals surface area contributed by atoms with Gasteiger partial charge in [0.15, 0.2) is 0 Å². The molecule has 1 saturated carbocycles. The Labute approximate surface area is 99.8 Å². The van der Waals surface area contributed by atoms with E-state index in [-0.39, 0.29) is 11.5 Å². The Kier molecular flexibility index (Phi) is 3.75. The molecular formula is C14H17F3. The van der Waals surface area contributed by atoms with Crippen molar-refractivity contribution in [2.75, 3.05) is 0 Å². The number of hydrogen-bond acceptors (Lipinski definition) is 0. The molecule has 0 spiro atoms. The highest BCUT2D eigenvalue weighted by atomic mass is 19.1. The zero-order valence-corrected chi connectivity index (χ0v) is 9.98. The van der Waals surface area contributed by atoms with Gasteiger partial charge in [-0.15, -0.1) is 0 Å². The van der Waals surface area contributed by atoms with Gasteiger partial charge in [-0.25, -0.2) is 13.2 Å². The highest BCUT2D eigenvalue weighted by Gasteiger charge is 2.23. The van der Waals surface area contributed by atoms with Gasteiger partial charge in [-0.1, -0.05) is 6.92 Å². The van der Waals surface area contributed by atoms with Crippen LogP contribution in [0.4, 0.5) is 13.2 Å². The molecule has 0 aromatic heterocycles. The van der Waals surface area contributed by atoms with Crippen LogP contribution in [0.2, 0.25) is 0 Å². The molecular weight excluding hydrogens is 225 g/mol. The van der Waals surface area contributed by atoms with Crippen molar-refractivity contribution in [1.29, 1.82) is 0 Å². The SMILES string of the molecule is CCc1c(F)cc(C2CCC(F)CC2)cc1F. The molecule has 1 aliphatic carbocycles. The van der Waals surface area contributed by atoms with Crippen molar-refractivity contribution < 1.29 is 13.2 Å². The van der Waals surface area contributed by atoms with E-state index in [4.69, 9.17) is 0 Å². The lowest BCUT2D eigenvalue weighted by Gasteiger charge is -2.24. The van der Waals surface area contributed by atoms with Crippen LogP contribution < -0.4 is 0 Å². The summed E-state index contributed by atoms with van der Waals surface area (Å²) in [7, 11) is 0. The van der Waals surface area contributed by atoms with Crippen LogP contribution in [0, 0.1) is 11.6 Å². The zero-order valence-electron chi connectivity index (χ0n) is 9.98. The Bertz CT molecular complexity index is 369. The van der Waals surface area contributed by atoms with Gasteiger partial charge in [-0.2, -0.15) is 0 Å². The van der Waals surface area contributed by atoms with Gasteiger partial charge in [0.25, 0.3) is 0 Å². The molecule has 1 aliphatic rings. The minimum Gasteiger partial charge on any atom is -0.247 e. The summed E-state index contributed by atoms with van der Waals surface area (Å²) >= 11 is 0. The lowest BCUT2D eigenvalue weighted by Crippen LogP contribution is -2.14. The molecule has 2 rings (SSSR count). The lowest BCUT2D eigenvalue weighted by atomic mass is 9.83. The van der Waals surface area contributed by atoms with E-state index in [9.17, 15) is 13.2 Å². The van der Waals surface area contributed by atoms with Crippen molar-refractivity contribution >= 4 is 0 Å². The number of alkyl halides is 1. The predicted molar refractivity (Wildman–Crippen MR) is 61.8 cm³/mol. The molecule has 1 aromatic rings. The first-order chi connectivity index (χ1) is 8.11. The van der Waals surface area contributed by atoms with Crippen LogP contribution in [0.1, 0.15) is 49.7 Å². The predicted octanol–water partition coefficient (Wildman–Crippen LogP) is 4.52. The smallest absolute Gasteiger partial charge is 0.129 e. The van der Waals surface area contributed by atoms with E-state index in [0.29, 0.717) is 37.7 Å². The van der Waals surface area contributed by atoms with Crippen LogP contribution in [0.15, 0.2) is 12.1 Å². The molecule has 94 valence electrons. The summed E-state index contributed by atoms with van der Waals surface area (Å²) in [6, 6.07) is 2.84. The topological polar surface area (TPSA) is 0 Å². The number of halogens is 3. The van der Waals surface area contributed by atoms with Gasteiger partial charge in [0, 0.05) is 5.56 Å². The van der Waals surface area contributed by atoms with E-state index in [1.807, 2.05) is 0 Å². The Morgan fingerprint density at radius 1 is 1.06 bits per heavy atom. The molecule has 0 nitrogen and oxygen atoms in total. The van der Waals surface area contributed by atoms with E-state index < -0.39 is 17.8 Å². The second-order valence-corrected chi connectivity index (χ2v) is 4.77. The van der Waals surface area contributed by atoms with Gasteiger partial charge < -0.3 is 0 Å². The number of rotatable bonds is 2. The van der Waals surface area contributed by atoms with Gasteiger partial charge in [-0.3, -0.25) is 0 Å². The summed E-state index contributed by atoms with van der Waals surface area (Å²) in [4.78, 5) is 0. The van der Waals surface area contributed by atoms with Gasteiger partial charge in [0.2, 0.25) is 0 Å². The Balaban J connectivity index is 2.22. The van der Waals surface area contributed by atoms with E-state index in [2.05, 4.69) is 0 Å². The molecule has 3 heteroatoms. The van der Waals surface area contributed by atoms with Gasteiger partial charge >= 0.3 is 0 Å². The third-order valence-electron chi connectivity index (χ3n) is 3.65. The summed E-state index contributed by atoms with van der Waals surface area (Å²) in [5, 5.41) is 0. The van der Waals surface area contributed by atoms with Crippen LogP contribution in [-0.4, -0.2) is 6.17 Å². The molecule has 0 radical (unpaired) electrons. The fourth-order valence-electron chi connectivity index (χ4n) is 2.58. The van der Waals surface area contributed by atoms with Crippen molar-refractivity contribution in [2.24, 2.45) is 0 Å². The van der Waals surface area contributed by atoms with E-state index in [1.54, 1.807) is 6.92 Å². The van der Waals surface area contributed by atoms with Gasteiger partial charge in [0.05, 0.1) is 0 Å². The standard InChI is InChI=1S/C14H17F3/c1-2-12-13(16)7-10(8-14(12)17)9-3-5-11(15)6-4-9/h7-9,11H,2-6H2,1H3. The van der Waals surface area contributed by atoms with Crippen molar-refractivity contribution in [2.45, 2.75) is 51.1 Å². The summed E-state index contributed by atoms with van der Waals surface area (Å²) in [6.45, 7) is 1.73. The normalized spacial score (nSPS) is 24.9. The number of benzene rings is 1. The average Bonchev–Trinajstić information content (AvgIpc) is 2.29. The zero-order chi connectivity index (χ0) is 12.4. The van der Waals surface area contributed by atoms with Crippen LogP contribution in [0.25, 0.3) is 0 Å². The van der Waals surface area contributed by atoms with Gasteiger partial charge in [-0.05, 0) is 55.7 Å². The maximum absolute atomic E-state index is 13.6. The summed E-state index contributed by atoms with van der Waals surface area (Å²) in [6.07, 6.45) is 2.00. The highest BCUT2D eigenvalue weighted by molar-refractivity contribution is 5.29.